The average Bonchev–Trinajstić information content (AvgIpc) is 3.42. The molecule has 2 heterocycles. The van der Waals surface area contributed by atoms with Gasteiger partial charge in [0, 0.05) is 5.56 Å². The lowest BCUT2D eigenvalue weighted by atomic mass is 10.1. The van der Waals surface area contributed by atoms with Crippen molar-refractivity contribution in [3.8, 4) is 45.9 Å². The Morgan fingerprint density at radius 3 is 1.71 bits per heavy atom. The summed E-state index contributed by atoms with van der Waals surface area (Å²) in [5.74, 6) is 3.14. The summed E-state index contributed by atoms with van der Waals surface area (Å²) in [5.41, 5.74) is 1.04. The van der Waals surface area contributed by atoms with Gasteiger partial charge in [0.2, 0.25) is 16.5 Å². The minimum absolute atomic E-state index is 0.262. The maximum absolute atomic E-state index is 13.3. The van der Waals surface area contributed by atoms with E-state index < -0.39 is 0 Å². The number of fused-ring (bicyclic) bond motifs is 1. The van der Waals surface area contributed by atoms with Gasteiger partial charge in [-0.15, -0.1) is 10.2 Å². The fraction of sp³-hybridized carbons (Fsp3) is 0.261. The third-order valence-electron chi connectivity index (χ3n) is 5.16. The van der Waals surface area contributed by atoms with E-state index in [1.807, 2.05) is 0 Å². The van der Waals surface area contributed by atoms with Crippen LogP contribution in [0.1, 0.15) is 5.56 Å². The van der Waals surface area contributed by atoms with Crippen molar-refractivity contribution in [1.29, 1.82) is 0 Å². The molecule has 0 spiro atoms. The third-order valence-corrected chi connectivity index (χ3v) is 6.12. The Morgan fingerprint density at radius 1 is 0.735 bits per heavy atom. The summed E-state index contributed by atoms with van der Waals surface area (Å²) in [6, 6.07) is 6.97. The van der Waals surface area contributed by atoms with Crippen LogP contribution in [0.2, 0.25) is 0 Å². The zero-order chi connectivity index (χ0) is 24.4. The molecule has 0 aliphatic rings. The van der Waals surface area contributed by atoms with Crippen molar-refractivity contribution >= 4 is 22.4 Å². The lowest BCUT2D eigenvalue weighted by Crippen LogP contribution is -2.23. The topological polar surface area (TPSA) is 103 Å². The Bertz CT molecular complexity index is 1410. The molecule has 0 amide bonds. The van der Waals surface area contributed by atoms with Gasteiger partial charge in [0.05, 0.1) is 47.2 Å². The van der Waals surface area contributed by atoms with Gasteiger partial charge in [0.1, 0.15) is 0 Å². The van der Waals surface area contributed by atoms with Crippen molar-refractivity contribution in [3.05, 3.63) is 44.7 Å². The number of nitrogens with zero attached hydrogens (tertiary/aromatic N) is 3. The van der Waals surface area contributed by atoms with E-state index in [1.54, 1.807) is 30.3 Å². The van der Waals surface area contributed by atoms with Gasteiger partial charge in [-0.05, 0) is 35.9 Å². The van der Waals surface area contributed by atoms with Crippen molar-refractivity contribution in [1.82, 2.24) is 14.6 Å². The number of methoxy groups -OCH3 is 6. The maximum Gasteiger partial charge on any atom is 0.276 e. The van der Waals surface area contributed by atoms with E-state index in [4.69, 9.17) is 28.4 Å². The highest BCUT2D eigenvalue weighted by Gasteiger charge is 2.20. The molecule has 0 aliphatic carbocycles. The predicted octanol–water partition coefficient (Wildman–Crippen LogP) is 2.42. The molecule has 178 valence electrons. The summed E-state index contributed by atoms with van der Waals surface area (Å²) >= 11 is 1.22. The molecule has 0 unspecified atom stereocenters. The molecule has 0 bridgehead atoms. The molecule has 4 aromatic rings. The van der Waals surface area contributed by atoms with Gasteiger partial charge in [-0.1, -0.05) is 11.3 Å². The minimum atomic E-state index is -0.262. The number of thiazole rings is 1. The smallest absolute Gasteiger partial charge is 0.276 e. The lowest BCUT2D eigenvalue weighted by Gasteiger charge is -2.13. The Balaban J connectivity index is 1.89. The second-order valence-electron chi connectivity index (χ2n) is 6.93. The summed E-state index contributed by atoms with van der Waals surface area (Å²) in [4.78, 5) is 13.8. The van der Waals surface area contributed by atoms with Crippen LogP contribution in [0.3, 0.4) is 0 Å². The van der Waals surface area contributed by atoms with Crippen molar-refractivity contribution in [2.45, 2.75) is 0 Å². The SMILES string of the molecule is COc1cc(/C=c2\sc3nnc(-c4cc(OC)c(OC)c(OC)c4)n3c2=O)cc(OC)c1OC. The molecule has 0 N–H and O–H groups in total. The molecular weight excluding hydrogens is 462 g/mol. The maximum atomic E-state index is 13.3. The van der Waals surface area contributed by atoms with Crippen LogP contribution in [0.25, 0.3) is 22.4 Å². The monoisotopic (exact) mass is 485 g/mol. The van der Waals surface area contributed by atoms with Crippen LogP contribution in [0.4, 0.5) is 0 Å². The zero-order valence-corrected chi connectivity index (χ0v) is 20.3. The third kappa shape index (κ3) is 3.83. The van der Waals surface area contributed by atoms with Crippen LogP contribution in [0.15, 0.2) is 29.1 Å². The molecule has 4 rings (SSSR count). The fourth-order valence-electron chi connectivity index (χ4n) is 3.60. The van der Waals surface area contributed by atoms with Crippen LogP contribution in [0, 0.1) is 0 Å². The van der Waals surface area contributed by atoms with E-state index >= 15 is 0 Å². The number of hydrogen-bond donors (Lipinski definition) is 0. The normalized spacial score (nSPS) is 11.5. The van der Waals surface area contributed by atoms with Crippen LogP contribution >= 0.6 is 11.3 Å². The van der Waals surface area contributed by atoms with E-state index in [9.17, 15) is 4.79 Å². The number of benzene rings is 2. The lowest BCUT2D eigenvalue weighted by molar-refractivity contribution is 0.324. The van der Waals surface area contributed by atoms with Crippen molar-refractivity contribution in [2.24, 2.45) is 0 Å². The van der Waals surface area contributed by atoms with Crippen LogP contribution in [0.5, 0.6) is 34.5 Å². The van der Waals surface area contributed by atoms with E-state index in [2.05, 4.69) is 10.2 Å². The van der Waals surface area contributed by atoms with Gasteiger partial charge in [-0.25, -0.2) is 4.40 Å². The van der Waals surface area contributed by atoms with Crippen LogP contribution in [-0.2, 0) is 0 Å². The first kappa shape index (κ1) is 23.2. The molecule has 11 heteroatoms. The van der Waals surface area contributed by atoms with Crippen molar-refractivity contribution in [3.63, 3.8) is 0 Å². The zero-order valence-electron chi connectivity index (χ0n) is 19.5. The summed E-state index contributed by atoms with van der Waals surface area (Å²) in [6.07, 6.45) is 1.74. The summed E-state index contributed by atoms with van der Waals surface area (Å²) in [7, 11) is 9.17. The molecular formula is C23H23N3O7S. The number of aromatic nitrogens is 3. The van der Waals surface area contributed by atoms with Gasteiger partial charge in [0.15, 0.2) is 28.8 Å². The molecule has 2 aromatic carbocycles. The number of ether oxygens (including phenoxy) is 6. The van der Waals surface area contributed by atoms with Gasteiger partial charge in [0.25, 0.3) is 5.56 Å². The number of rotatable bonds is 8. The standard InChI is InChI=1S/C23H23N3O7S/c1-28-14-7-12(8-15(29-2)19(14)32-5)9-18-22(27)26-21(24-25-23(26)34-18)13-10-16(30-3)20(33-6)17(11-13)31-4/h7-11H,1-6H3/b18-9-. The van der Waals surface area contributed by atoms with E-state index in [0.29, 0.717) is 60.9 Å². The highest BCUT2D eigenvalue weighted by Crippen LogP contribution is 2.41. The number of hydrogen-bond acceptors (Lipinski definition) is 10. The highest BCUT2D eigenvalue weighted by molar-refractivity contribution is 7.15. The van der Waals surface area contributed by atoms with Crippen molar-refractivity contribution in [2.75, 3.05) is 42.7 Å². The second kappa shape index (κ2) is 9.48. The molecule has 0 saturated carbocycles. The minimum Gasteiger partial charge on any atom is -0.493 e. The Kier molecular flexibility index (Phi) is 6.46. The summed E-state index contributed by atoms with van der Waals surface area (Å²) in [6.45, 7) is 0. The van der Waals surface area contributed by atoms with Gasteiger partial charge in [-0.2, -0.15) is 0 Å². The summed E-state index contributed by atoms with van der Waals surface area (Å²) < 4.78 is 34.3. The first-order valence-corrected chi connectivity index (χ1v) is 10.8. The molecule has 2 aromatic heterocycles. The van der Waals surface area contributed by atoms with Gasteiger partial charge >= 0.3 is 0 Å². The van der Waals surface area contributed by atoms with E-state index in [1.165, 1.54) is 58.4 Å². The molecule has 0 radical (unpaired) electrons. The predicted molar refractivity (Wildman–Crippen MR) is 127 cm³/mol. The molecule has 10 nitrogen and oxygen atoms in total. The first-order valence-electron chi connectivity index (χ1n) is 9.99. The van der Waals surface area contributed by atoms with E-state index in [0.717, 1.165) is 0 Å². The highest BCUT2D eigenvalue weighted by atomic mass is 32.1. The second-order valence-corrected chi connectivity index (χ2v) is 7.94. The average molecular weight is 486 g/mol. The van der Waals surface area contributed by atoms with E-state index in [-0.39, 0.29) is 5.56 Å². The summed E-state index contributed by atoms with van der Waals surface area (Å²) in [5, 5.41) is 8.42. The quantitative estimate of drug-likeness (QED) is 0.372. The largest absolute Gasteiger partial charge is 0.493 e. The van der Waals surface area contributed by atoms with Crippen molar-refractivity contribution < 1.29 is 28.4 Å². The molecule has 0 fully saturated rings. The molecule has 0 aliphatic heterocycles. The van der Waals surface area contributed by atoms with Gasteiger partial charge in [-0.3, -0.25) is 4.79 Å². The van der Waals surface area contributed by atoms with Gasteiger partial charge < -0.3 is 28.4 Å². The Hall–Kier alpha value is -3.99. The Labute approximate surface area is 198 Å². The van der Waals surface area contributed by atoms with Crippen LogP contribution in [-0.4, -0.2) is 57.3 Å². The molecule has 0 atom stereocenters. The molecule has 0 saturated heterocycles. The Morgan fingerprint density at radius 2 is 1.24 bits per heavy atom. The van der Waals surface area contributed by atoms with Crippen LogP contribution < -0.4 is 38.5 Å². The first-order chi connectivity index (χ1) is 16.5. The fourth-order valence-corrected chi connectivity index (χ4v) is 4.51. The molecule has 34 heavy (non-hydrogen) atoms.